The van der Waals surface area contributed by atoms with Crippen LogP contribution in [-0.4, -0.2) is 29.3 Å². The third kappa shape index (κ3) is 2.05. The van der Waals surface area contributed by atoms with E-state index < -0.39 is 5.60 Å². The molecule has 3 heteroatoms. The van der Waals surface area contributed by atoms with Gasteiger partial charge in [0.05, 0.1) is 5.60 Å². The maximum atomic E-state index is 10.7. The van der Waals surface area contributed by atoms with E-state index in [9.17, 15) is 5.11 Å². The summed E-state index contributed by atoms with van der Waals surface area (Å²) in [6.07, 6.45) is 5.87. The molecule has 2 fully saturated rings. The summed E-state index contributed by atoms with van der Waals surface area (Å²) in [5.74, 6) is 0.760. The van der Waals surface area contributed by atoms with Crippen molar-refractivity contribution in [3.8, 4) is 0 Å². The van der Waals surface area contributed by atoms with E-state index in [1.165, 1.54) is 0 Å². The van der Waals surface area contributed by atoms with Crippen LogP contribution in [0.15, 0.2) is 0 Å². The lowest BCUT2D eigenvalue weighted by atomic mass is 9.65. The minimum atomic E-state index is -0.596. The Morgan fingerprint density at radius 2 is 1.67 bits per heavy atom. The Labute approximate surface area is 92.4 Å². The first-order valence-electron chi connectivity index (χ1n) is 6.28. The molecule has 1 saturated heterocycles. The molecule has 0 aromatic carbocycles. The van der Waals surface area contributed by atoms with Gasteiger partial charge in [0.15, 0.2) is 0 Å². The summed E-state index contributed by atoms with van der Waals surface area (Å²) in [6.45, 7) is 4.17. The van der Waals surface area contributed by atoms with E-state index in [2.05, 4.69) is 12.2 Å². The van der Waals surface area contributed by atoms with Gasteiger partial charge in [-0.3, -0.25) is 0 Å². The molecule has 1 saturated carbocycles. The first-order chi connectivity index (χ1) is 7.06. The van der Waals surface area contributed by atoms with Crippen molar-refractivity contribution in [1.82, 2.24) is 5.32 Å². The number of hydrogen-bond donors (Lipinski definition) is 3. The van der Waals surface area contributed by atoms with Crippen molar-refractivity contribution < 1.29 is 5.11 Å². The van der Waals surface area contributed by atoms with Gasteiger partial charge in [0.1, 0.15) is 0 Å². The maximum Gasteiger partial charge on any atom is 0.0827 e. The molecule has 0 radical (unpaired) electrons. The molecule has 0 bridgehead atoms. The van der Waals surface area contributed by atoms with Crippen molar-refractivity contribution >= 4 is 0 Å². The van der Waals surface area contributed by atoms with Gasteiger partial charge in [-0.05, 0) is 57.5 Å². The van der Waals surface area contributed by atoms with Crippen LogP contribution in [0.2, 0.25) is 0 Å². The van der Waals surface area contributed by atoms with Gasteiger partial charge in [-0.2, -0.15) is 0 Å². The van der Waals surface area contributed by atoms with Gasteiger partial charge in [-0.15, -0.1) is 0 Å². The smallest absolute Gasteiger partial charge is 0.0827 e. The lowest BCUT2D eigenvalue weighted by Crippen LogP contribution is -2.65. The molecule has 4 N–H and O–H groups in total. The average molecular weight is 212 g/mol. The molecule has 0 atom stereocenters. The molecule has 1 aliphatic heterocycles. The van der Waals surface area contributed by atoms with Gasteiger partial charge in [0.2, 0.25) is 0 Å². The third-order valence-corrected chi connectivity index (χ3v) is 4.52. The Bertz CT molecular complexity index is 216. The van der Waals surface area contributed by atoms with E-state index in [-0.39, 0.29) is 5.54 Å². The van der Waals surface area contributed by atoms with Crippen molar-refractivity contribution in [2.24, 2.45) is 11.7 Å². The van der Waals surface area contributed by atoms with Crippen LogP contribution in [0.25, 0.3) is 0 Å². The summed E-state index contributed by atoms with van der Waals surface area (Å²) >= 11 is 0. The van der Waals surface area contributed by atoms with Gasteiger partial charge < -0.3 is 16.2 Å². The molecule has 0 unspecified atom stereocenters. The predicted molar refractivity (Wildman–Crippen MR) is 61.6 cm³/mol. The number of rotatable bonds is 1. The highest BCUT2D eigenvalue weighted by Crippen LogP contribution is 2.41. The number of nitrogens with two attached hydrogens (primary N) is 1. The highest BCUT2D eigenvalue weighted by atomic mass is 16.3. The van der Waals surface area contributed by atoms with Crippen molar-refractivity contribution in [2.75, 3.05) is 13.1 Å². The fraction of sp³-hybridized carbons (Fsp3) is 1.00. The highest BCUT2D eigenvalue weighted by molar-refractivity contribution is 5.07. The minimum absolute atomic E-state index is 0.335. The van der Waals surface area contributed by atoms with Crippen molar-refractivity contribution in [2.45, 2.75) is 56.6 Å². The van der Waals surface area contributed by atoms with Crippen LogP contribution in [0.5, 0.6) is 0 Å². The zero-order chi connectivity index (χ0) is 10.9. The molecule has 1 heterocycles. The Balaban J connectivity index is 2.06. The zero-order valence-corrected chi connectivity index (χ0v) is 9.76. The van der Waals surface area contributed by atoms with Gasteiger partial charge in [0, 0.05) is 5.54 Å². The molecule has 88 valence electrons. The second-order valence-electron chi connectivity index (χ2n) is 5.62. The fourth-order valence-corrected chi connectivity index (χ4v) is 3.08. The number of nitrogens with one attached hydrogen (secondary N) is 1. The summed E-state index contributed by atoms with van der Waals surface area (Å²) in [4.78, 5) is 0. The van der Waals surface area contributed by atoms with E-state index in [1.54, 1.807) is 0 Å². The average Bonchev–Trinajstić information content (AvgIpc) is 2.24. The van der Waals surface area contributed by atoms with Crippen LogP contribution in [0, 0.1) is 5.92 Å². The monoisotopic (exact) mass is 212 g/mol. The summed E-state index contributed by atoms with van der Waals surface area (Å²) in [5, 5.41) is 14.0. The quantitative estimate of drug-likeness (QED) is 0.608. The molecule has 0 aromatic rings. The first kappa shape index (κ1) is 11.4. The van der Waals surface area contributed by atoms with Crippen LogP contribution in [0.4, 0.5) is 0 Å². The lowest BCUT2D eigenvalue weighted by molar-refractivity contribution is -0.0824. The zero-order valence-electron chi connectivity index (χ0n) is 9.76. The van der Waals surface area contributed by atoms with Gasteiger partial charge in [-0.1, -0.05) is 6.92 Å². The molecule has 2 aliphatic rings. The minimum Gasteiger partial charge on any atom is -0.388 e. The van der Waals surface area contributed by atoms with Crippen LogP contribution in [-0.2, 0) is 0 Å². The Morgan fingerprint density at radius 1 is 1.13 bits per heavy atom. The van der Waals surface area contributed by atoms with Crippen molar-refractivity contribution in [1.29, 1.82) is 0 Å². The van der Waals surface area contributed by atoms with Gasteiger partial charge in [0.25, 0.3) is 0 Å². The highest BCUT2D eigenvalue weighted by Gasteiger charge is 2.48. The topological polar surface area (TPSA) is 58.3 Å². The molecule has 0 aromatic heterocycles. The third-order valence-electron chi connectivity index (χ3n) is 4.52. The molecule has 0 spiro atoms. The second kappa shape index (κ2) is 4.04. The summed E-state index contributed by atoms with van der Waals surface area (Å²) in [6, 6.07) is 0. The van der Waals surface area contributed by atoms with Crippen molar-refractivity contribution in [3.63, 3.8) is 0 Å². The van der Waals surface area contributed by atoms with E-state index >= 15 is 0 Å². The normalized spacial score (nSPS) is 41.4. The number of aliphatic hydroxyl groups is 1. The second-order valence-corrected chi connectivity index (χ2v) is 5.62. The molecular formula is C12H24N2O. The maximum absolute atomic E-state index is 10.7. The van der Waals surface area contributed by atoms with Crippen LogP contribution in [0.1, 0.15) is 45.4 Å². The fourth-order valence-electron chi connectivity index (χ4n) is 3.08. The molecular weight excluding hydrogens is 188 g/mol. The molecule has 2 rings (SSSR count). The summed E-state index contributed by atoms with van der Waals surface area (Å²) in [7, 11) is 0. The van der Waals surface area contributed by atoms with Crippen LogP contribution < -0.4 is 11.1 Å². The van der Waals surface area contributed by atoms with E-state index in [0.29, 0.717) is 0 Å². The van der Waals surface area contributed by atoms with Gasteiger partial charge in [-0.25, -0.2) is 0 Å². The number of piperidine rings is 1. The van der Waals surface area contributed by atoms with E-state index in [1.807, 2.05) is 0 Å². The van der Waals surface area contributed by atoms with Gasteiger partial charge >= 0.3 is 0 Å². The Morgan fingerprint density at radius 3 is 2.20 bits per heavy atom. The molecule has 15 heavy (non-hydrogen) atoms. The van der Waals surface area contributed by atoms with Crippen molar-refractivity contribution in [3.05, 3.63) is 0 Å². The molecule has 3 nitrogen and oxygen atoms in total. The SMILES string of the molecule is CC1CCC(O)(C2(N)CCNCC2)CC1. The largest absolute Gasteiger partial charge is 0.388 e. The van der Waals surface area contributed by atoms with Crippen LogP contribution in [0.3, 0.4) is 0 Å². The van der Waals surface area contributed by atoms with E-state index in [0.717, 1.165) is 57.5 Å². The number of hydrogen-bond acceptors (Lipinski definition) is 3. The van der Waals surface area contributed by atoms with E-state index in [4.69, 9.17) is 5.73 Å². The lowest BCUT2D eigenvalue weighted by Gasteiger charge is -2.50. The molecule has 0 amide bonds. The Kier molecular flexibility index (Phi) is 3.06. The summed E-state index contributed by atoms with van der Waals surface area (Å²) in [5.41, 5.74) is 5.49. The standard InChI is InChI=1S/C12H24N2O/c1-10-2-4-12(15,5-3-10)11(13)6-8-14-9-7-11/h10,14-15H,2-9,13H2,1H3. The molecule has 1 aliphatic carbocycles. The first-order valence-corrected chi connectivity index (χ1v) is 6.28. The summed E-state index contributed by atoms with van der Waals surface area (Å²) < 4.78 is 0. The Hall–Kier alpha value is -0.120. The van der Waals surface area contributed by atoms with Crippen LogP contribution >= 0.6 is 0 Å². The predicted octanol–water partition coefficient (Wildman–Crippen LogP) is 1.01.